The van der Waals surface area contributed by atoms with Gasteiger partial charge in [0.25, 0.3) is 5.69 Å². The summed E-state index contributed by atoms with van der Waals surface area (Å²) in [6, 6.07) is 4.77. The van der Waals surface area contributed by atoms with Gasteiger partial charge in [0.2, 0.25) is 5.91 Å². The van der Waals surface area contributed by atoms with E-state index in [4.69, 9.17) is 0 Å². The molecule has 0 heterocycles. The highest BCUT2D eigenvalue weighted by Gasteiger charge is 2.17. The number of benzene rings is 1. The van der Waals surface area contributed by atoms with Crippen molar-refractivity contribution in [2.45, 2.75) is 46.5 Å². The number of anilines is 1. The number of carbonyl (C=O) groups excluding carboxylic acids is 1. The molecule has 5 heteroatoms. The molecule has 1 aromatic rings. The molecule has 0 bridgehead atoms. The largest absolute Gasteiger partial charge is 0.326 e. The molecule has 1 rings (SSSR count). The second-order valence-electron chi connectivity index (χ2n) is 5.00. The highest BCUT2D eigenvalue weighted by molar-refractivity contribution is 5.92. The summed E-state index contributed by atoms with van der Waals surface area (Å²) in [5.74, 6) is -0.0885. The third-order valence-corrected chi connectivity index (χ3v) is 3.44. The van der Waals surface area contributed by atoms with Gasteiger partial charge in [-0.2, -0.15) is 0 Å². The molecule has 20 heavy (non-hydrogen) atoms. The number of unbranched alkanes of at least 4 members (excludes halogenated alkanes) is 1. The van der Waals surface area contributed by atoms with Crippen LogP contribution in [-0.2, 0) is 4.79 Å². The Balaban J connectivity index is 2.79. The Hall–Kier alpha value is -1.91. The molecular weight excluding hydrogens is 256 g/mol. The molecule has 1 amide bonds. The Morgan fingerprint density at radius 1 is 1.40 bits per heavy atom. The molecule has 0 aromatic heterocycles. The molecule has 1 N–H and O–H groups in total. The van der Waals surface area contributed by atoms with Crippen molar-refractivity contribution in [2.24, 2.45) is 5.92 Å². The zero-order valence-electron chi connectivity index (χ0n) is 12.3. The van der Waals surface area contributed by atoms with Gasteiger partial charge in [-0.15, -0.1) is 0 Å². The van der Waals surface area contributed by atoms with E-state index in [1.807, 2.05) is 6.92 Å². The predicted octanol–water partition coefficient (Wildman–Crippen LogP) is 4.06. The van der Waals surface area contributed by atoms with Crippen LogP contribution in [0, 0.1) is 23.0 Å². The average Bonchev–Trinajstić information content (AvgIpc) is 2.41. The van der Waals surface area contributed by atoms with Crippen molar-refractivity contribution < 1.29 is 9.72 Å². The van der Waals surface area contributed by atoms with Crippen molar-refractivity contribution in [2.75, 3.05) is 5.32 Å². The summed E-state index contributed by atoms with van der Waals surface area (Å²) in [6.07, 6.45) is 3.70. The summed E-state index contributed by atoms with van der Waals surface area (Å²) in [6.45, 7) is 5.76. The zero-order chi connectivity index (χ0) is 15.1. The molecule has 1 aromatic carbocycles. The molecule has 0 aliphatic rings. The second-order valence-corrected chi connectivity index (χ2v) is 5.00. The van der Waals surface area contributed by atoms with Gasteiger partial charge in [0, 0.05) is 23.2 Å². The quantitative estimate of drug-likeness (QED) is 0.604. The fourth-order valence-electron chi connectivity index (χ4n) is 2.10. The van der Waals surface area contributed by atoms with Crippen LogP contribution in [-0.4, -0.2) is 10.8 Å². The Labute approximate surface area is 119 Å². The Kier molecular flexibility index (Phi) is 6.15. The van der Waals surface area contributed by atoms with E-state index in [1.54, 1.807) is 19.1 Å². The van der Waals surface area contributed by atoms with Crippen molar-refractivity contribution in [3.8, 4) is 0 Å². The van der Waals surface area contributed by atoms with Crippen molar-refractivity contribution in [3.05, 3.63) is 33.9 Å². The van der Waals surface area contributed by atoms with Gasteiger partial charge in [-0.1, -0.05) is 32.8 Å². The standard InChI is InChI=1S/C15H22N2O3/c1-4-6-7-12(5-2)15(18)16-13-9-8-11(3)14(10-13)17(19)20/h8-10,12H,4-7H2,1-3H3,(H,16,18)/t12-/m1/s1. The van der Waals surface area contributed by atoms with Gasteiger partial charge in [-0.05, 0) is 25.8 Å². The lowest BCUT2D eigenvalue weighted by Crippen LogP contribution is -2.22. The molecular formula is C15H22N2O3. The maximum absolute atomic E-state index is 12.1. The summed E-state index contributed by atoms with van der Waals surface area (Å²) in [5, 5.41) is 13.7. The Morgan fingerprint density at radius 2 is 2.10 bits per heavy atom. The van der Waals surface area contributed by atoms with Crippen LogP contribution in [0.2, 0.25) is 0 Å². The van der Waals surface area contributed by atoms with E-state index in [0.29, 0.717) is 11.3 Å². The topological polar surface area (TPSA) is 72.2 Å². The number of amides is 1. The lowest BCUT2D eigenvalue weighted by molar-refractivity contribution is -0.385. The number of nitrogens with one attached hydrogen (secondary N) is 1. The van der Waals surface area contributed by atoms with Gasteiger partial charge in [0.15, 0.2) is 0 Å². The van der Waals surface area contributed by atoms with Crippen molar-refractivity contribution in [3.63, 3.8) is 0 Å². The first-order valence-electron chi connectivity index (χ1n) is 7.05. The minimum absolute atomic E-state index is 0.0319. The van der Waals surface area contributed by atoms with E-state index < -0.39 is 4.92 Å². The summed E-state index contributed by atoms with van der Waals surface area (Å²) in [4.78, 5) is 22.6. The summed E-state index contributed by atoms with van der Waals surface area (Å²) >= 11 is 0. The average molecular weight is 278 g/mol. The molecule has 110 valence electrons. The van der Waals surface area contributed by atoms with E-state index in [9.17, 15) is 14.9 Å². The molecule has 0 spiro atoms. The first-order chi connectivity index (χ1) is 9.49. The lowest BCUT2D eigenvalue weighted by Gasteiger charge is -2.14. The number of hydrogen-bond acceptors (Lipinski definition) is 3. The molecule has 0 saturated heterocycles. The van der Waals surface area contributed by atoms with Crippen molar-refractivity contribution in [1.29, 1.82) is 0 Å². The van der Waals surface area contributed by atoms with Gasteiger partial charge in [0.1, 0.15) is 0 Å². The summed E-state index contributed by atoms with van der Waals surface area (Å²) in [5.41, 5.74) is 1.11. The minimum Gasteiger partial charge on any atom is -0.326 e. The second kappa shape index (κ2) is 7.62. The van der Waals surface area contributed by atoms with Crippen LogP contribution >= 0.6 is 0 Å². The smallest absolute Gasteiger partial charge is 0.274 e. The number of carbonyl (C=O) groups is 1. The molecule has 0 fully saturated rings. The van der Waals surface area contributed by atoms with Crippen LogP contribution in [0.3, 0.4) is 0 Å². The monoisotopic (exact) mass is 278 g/mol. The lowest BCUT2D eigenvalue weighted by atomic mass is 9.98. The number of nitro benzene ring substituents is 1. The summed E-state index contributed by atoms with van der Waals surface area (Å²) in [7, 11) is 0. The van der Waals surface area contributed by atoms with Crippen molar-refractivity contribution in [1.82, 2.24) is 0 Å². The zero-order valence-corrected chi connectivity index (χ0v) is 12.3. The van der Waals surface area contributed by atoms with Crippen LogP contribution < -0.4 is 5.32 Å². The molecule has 0 radical (unpaired) electrons. The van der Waals surface area contributed by atoms with Gasteiger partial charge in [0.05, 0.1) is 4.92 Å². The van der Waals surface area contributed by atoms with E-state index in [2.05, 4.69) is 12.2 Å². The highest BCUT2D eigenvalue weighted by atomic mass is 16.6. The third-order valence-electron chi connectivity index (χ3n) is 3.44. The fraction of sp³-hybridized carbons (Fsp3) is 0.533. The SMILES string of the molecule is CCCC[C@@H](CC)C(=O)Nc1ccc(C)c([N+](=O)[O-])c1. The van der Waals surface area contributed by atoms with E-state index >= 15 is 0 Å². The Bertz CT molecular complexity index is 486. The van der Waals surface area contributed by atoms with Crippen LogP contribution in [0.1, 0.15) is 45.1 Å². The number of nitrogens with zero attached hydrogens (tertiary/aromatic N) is 1. The number of aryl methyl sites for hydroxylation is 1. The van der Waals surface area contributed by atoms with E-state index in [-0.39, 0.29) is 17.5 Å². The first-order valence-corrected chi connectivity index (χ1v) is 7.05. The predicted molar refractivity (Wildman–Crippen MR) is 79.8 cm³/mol. The first kappa shape index (κ1) is 16.1. The number of hydrogen-bond donors (Lipinski definition) is 1. The maximum atomic E-state index is 12.1. The number of nitro groups is 1. The van der Waals surface area contributed by atoms with Gasteiger partial charge >= 0.3 is 0 Å². The fourth-order valence-corrected chi connectivity index (χ4v) is 2.10. The minimum atomic E-state index is -0.431. The van der Waals surface area contributed by atoms with Gasteiger partial charge in [-0.25, -0.2) is 0 Å². The highest BCUT2D eigenvalue weighted by Crippen LogP contribution is 2.23. The van der Waals surface area contributed by atoms with Gasteiger partial charge in [-0.3, -0.25) is 14.9 Å². The van der Waals surface area contributed by atoms with Crippen LogP contribution in [0.15, 0.2) is 18.2 Å². The molecule has 0 unspecified atom stereocenters. The molecule has 5 nitrogen and oxygen atoms in total. The molecule has 1 atom stereocenters. The van der Waals surface area contributed by atoms with Crippen LogP contribution in [0.25, 0.3) is 0 Å². The number of rotatable bonds is 7. The van der Waals surface area contributed by atoms with E-state index in [1.165, 1.54) is 6.07 Å². The molecule has 0 aliphatic heterocycles. The Morgan fingerprint density at radius 3 is 2.65 bits per heavy atom. The van der Waals surface area contributed by atoms with Crippen molar-refractivity contribution >= 4 is 17.3 Å². The third kappa shape index (κ3) is 4.33. The maximum Gasteiger partial charge on any atom is 0.274 e. The van der Waals surface area contributed by atoms with Crippen LogP contribution in [0.4, 0.5) is 11.4 Å². The van der Waals surface area contributed by atoms with Crippen LogP contribution in [0.5, 0.6) is 0 Å². The summed E-state index contributed by atoms with van der Waals surface area (Å²) < 4.78 is 0. The van der Waals surface area contributed by atoms with E-state index in [0.717, 1.165) is 25.7 Å². The van der Waals surface area contributed by atoms with Gasteiger partial charge < -0.3 is 5.32 Å². The normalized spacial score (nSPS) is 11.9. The molecule has 0 aliphatic carbocycles. The molecule has 0 saturated carbocycles.